The van der Waals surface area contributed by atoms with E-state index in [9.17, 15) is 4.39 Å². The molecular weight excluding hydrogens is 229 g/mol. The fraction of sp³-hybridized carbons (Fsp3) is 0.571. The molecule has 0 aliphatic carbocycles. The van der Waals surface area contributed by atoms with Crippen LogP contribution >= 0.6 is 0 Å². The molecule has 0 spiro atoms. The predicted octanol–water partition coefficient (Wildman–Crippen LogP) is 1.46. The lowest BCUT2D eigenvalue weighted by molar-refractivity contribution is 0.100. The second-order valence-corrected chi connectivity index (χ2v) is 5.25. The molecule has 1 fully saturated rings. The molecule has 3 nitrogen and oxygen atoms in total. The molecule has 1 saturated heterocycles. The third-order valence-corrected chi connectivity index (χ3v) is 3.78. The normalized spacial score (nSPS) is 24.1. The molecule has 0 bridgehead atoms. The van der Waals surface area contributed by atoms with E-state index in [1.54, 1.807) is 6.07 Å². The van der Waals surface area contributed by atoms with Gasteiger partial charge in [-0.25, -0.2) is 4.39 Å². The molecule has 2 rings (SSSR count). The highest BCUT2D eigenvalue weighted by Gasteiger charge is 2.22. The lowest BCUT2D eigenvalue weighted by Crippen LogP contribution is -2.51. The van der Waals surface area contributed by atoms with Crippen LogP contribution in [0.4, 0.5) is 4.39 Å². The van der Waals surface area contributed by atoms with Crippen LogP contribution in [0.3, 0.4) is 0 Å². The lowest BCUT2D eigenvalue weighted by atomic mass is 10.1. The Hall–Kier alpha value is -0.970. The largest absolute Gasteiger partial charge is 0.323 e. The van der Waals surface area contributed by atoms with Crippen molar-refractivity contribution in [3.8, 4) is 0 Å². The van der Waals surface area contributed by atoms with E-state index >= 15 is 0 Å². The Balaban J connectivity index is 1.93. The average molecular weight is 251 g/mol. The highest BCUT2D eigenvalue weighted by atomic mass is 19.1. The zero-order valence-electron chi connectivity index (χ0n) is 11.1. The van der Waals surface area contributed by atoms with Crippen LogP contribution in [0.1, 0.15) is 18.5 Å². The molecular formula is C14H22FN3. The molecule has 2 unspecified atom stereocenters. The standard InChI is InChI=1S/C14H22FN3/c1-11-9-18(7-6-17(11)2)10-14(16)12-4-3-5-13(15)8-12/h3-5,8,11,14H,6-7,9-10,16H2,1-2H3. The Kier molecular flexibility index (Phi) is 4.32. The third kappa shape index (κ3) is 3.28. The van der Waals surface area contributed by atoms with E-state index in [1.165, 1.54) is 12.1 Å². The maximum absolute atomic E-state index is 13.1. The van der Waals surface area contributed by atoms with Crippen LogP contribution in [0.2, 0.25) is 0 Å². The summed E-state index contributed by atoms with van der Waals surface area (Å²) < 4.78 is 13.1. The third-order valence-electron chi connectivity index (χ3n) is 3.78. The van der Waals surface area contributed by atoms with Gasteiger partial charge in [0.15, 0.2) is 0 Å². The number of benzene rings is 1. The van der Waals surface area contributed by atoms with Crippen LogP contribution in [-0.4, -0.2) is 49.1 Å². The number of nitrogens with zero attached hydrogens (tertiary/aromatic N) is 2. The van der Waals surface area contributed by atoms with E-state index in [-0.39, 0.29) is 11.9 Å². The van der Waals surface area contributed by atoms with Gasteiger partial charge in [0, 0.05) is 38.3 Å². The molecule has 2 atom stereocenters. The summed E-state index contributed by atoms with van der Waals surface area (Å²) in [4.78, 5) is 4.71. The maximum atomic E-state index is 13.1. The van der Waals surface area contributed by atoms with Crippen molar-refractivity contribution in [2.45, 2.75) is 19.0 Å². The van der Waals surface area contributed by atoms with Gasteiger partial charge in [0.25, 0.3) is 0 Å². The van der Waals surface area contributed by atoms with Crippen LogP contribution in [-0.2, 0) is 0 Å². The number of hydrogen-bond donors (Lipinski definition) is 1. The van der Waals surface area contributed by atoms with E-state index in [0.717, 1.165) is 31.7 Å². The zero-order chi connectivity index (χ0) is 13.1. The van der Waals surface area contributed by atoms with Gasteiger partial charge in [0.1, 0.15) is 5.82 Å². The molecule has 100 valence electrons. The van der Waals surface area contributed by atoms with E-state index in [2.05, 4.69) is 23.8 Å². The summed E-state index contributed by atoms with van der Waals surface area (Å²) in [5, 5.41) is 0. The number of rotatable bonds is 3. The van der Waals surface area contributed by atoms with Crippen LogP contribution in [0.5, 0.6) is 0 Å². The SMILES string of the molecule is CC1CN(CC(N)c2cccc(F)c2)CCN1C. The van der Waals surface area contributed by atoms with Crippen molar-refractivity contribution in [1.82, 2.24) is 9.80 Å². The van der Waals surface area contributed by atoms with E-state index in [0.29, 0.717) is 6.04 Å². The minimum Gasteiger partial charge on any atom is -0.323 e. The molecule has 1 aliphatic heterocycles. The summed E-state index contributed by atoms with van der Waals surface area (Å²) in [6.45, 7) is 6.14. The highest BCUT2D eigenvalue weighted by molar-refractivity contribution is 5.20. The molecule has 0 aromatic heterocycles. The Labute approximate surface area is 108 Å². The molecule has 0 radical (unpaired) electrons. The van der Waals surface area contributed by atoms with Crippen molar-refractivity contribution in [3.63, 3.8) is 0 Å². The van der Waals surface area contributed by atoms with Gasteiger partial charge in [0.2, 0.25) is 0 Å². The molecule has 1 heterocycles. The summed E-state index contributed by atoms with van der Waals surface area (Å²) in [6.07, 6.45) is 0. The van der Waals surface area contributed by atoms with Gasteiger partial charge in [-0.05, 0) is 31.7 Å². The number of halogens is 1. The fourth-order valence-corrected chi connectivity index (χ4v) is 2.41. The molecule has 18 heavy (non-hydrogen) atoms. The summed E-state index contributed by atoms with van der Waals surface area (Å²) in [5.74, 6) is -0.213. The zero-order valence-corrected chi connectivity index (χ0v) is 11.1. The van der Waals surface area contributed by atoms with E-state index in [1.807, 2.05) is 6.07 Å². The lowest BCUT2D eigenvalue weighted by Gasteiger charge is -2.38. The molecule has 1 aliphatic rings. The molecule has 1 aromatic carbocycles. The molecule has 4 heteroatoms. The summed E-state index contributed by atoms with van der Waals surface area (Å²) in [7, 11) is 2.15. The Morgan fingerprint density at radius 3 is 2.89 bits per heavy atom. The monoisotopic (exact) mass is 251 g/mol. The number of nitrogens with two attached hydrogens (primary N) is 1. The highest BCUT2D eigenvalue weighted by Crippen LogP contribution is 2.15. The predicted molar refractivity (Wildman–Crippen MR) is 71.9 cm³/mol. The van der Waals surface area contributed by atoms with Crippen LogP contribution in [0, 0.1) is 5.82 Å². The summed E-state index contributed by atoms with van der Waals surface area (Å²) >= 11 is 0. The number of hydrogen-bond acceptors (Lipinski definition) is 3. The number of piperazine rings is 1. The van der Waals surface area contributed by atoms with Gasteiger partial charge in [-0.15, -0.1) is 0 Å². The Morgan fingerprint density at radius 1 is 1.44 bits per heavy atom. The first-order valence-corrected chi connectivity index (χ1v) is 6.50. The van der Waals surface area contributed by atoms with E-state index < -0.39 is 0 Å². The van der Waals surface area contributed by atoms with Crippen molar-refractivity contribution >= 4 is 0 Å². The molecule has 0 saturated carbocycles. The first-order chi connectivity index (χ1) is 8.56. The van der Waals surface area contributed by atoms with Gasteiger partial charge >= 0.3 is 0 Å². The van der Waals surface area contributed by atoms with Crippen molar-refractivity contribution in [1.29, 1.82) is 0 Å². The second kappa shape index (κ2) is 5.78. The van der Waals surface area contributed by atoms with Crippen molar-refractivity contribution in [2.24, 2.45) is 5.73 Å². The molecule has 1 aromatic rings. The Morgan fingerprint density at radius 2 is 2.22 bits per heavy atom. The van der Waals surface area contributed by atoms with Crippen LogP contribution < -0.4 is 5.73 Å². The topological polar surface area (TPSA) is 32.5 Å². The fourth-order valence-electron chi connectivity index (χ4n) is 2.41. The van der Waals surface area contributed by atoms with Gasteiger partial charge in [-0.2, -0.15) is 0 Å². The van der Waals surface area contributed by atoms with Crippen molar-refractivity contribution < 1.29 is 4.39 Å². The van der Waals surface area contributed by atoms with Crippen LogP contribution in [0.15, 0.2) is 24.3 Å². The quantitative estimate of drug-likeness (QED) is 0.883. The number of likely N-dealkylation sites (N-methyl/N-ethyl adjacent to an activating group) is 1. The smallest absolute Gasteiger partial charge is 0.123 e. The van der Waals surface area contributed by atoms with Gasteiger partial charge in [-0.3, -0.25) is 4.90 Å². The minimum atomic E-state index is -0.213. The molecule has 0 amide bonds. The van der Waals surface area contributed by atoms with Crippen LogP contribution in [0.25, 0.3) is 0 Å². The van der Waals surface area contributed by atoms with Gasteiger partial charge < -0.3 is 10.6 Å². The average Bonchev–Trinajstić information content (AvgIpc) is 2.34. The Bertz CT molecular complexity index is 396. The van der Waals surface area contributed by atoms with Crippen molar-refractivity contribution in [2.75, 3.05) is 33.2 Å². The first kappa shape index (κ1) is 13.5. The van der Waals surface area contributed by atoms with Gasteiger partial charge in [0.05, 0.1) is 0 Å². The maximum Gasteiger partial charge on any atom is 0.123 e. The second-order valence-electron chi connectivity index (χ2n) is 5.25. The summed E-state index contributed by atoms with van der Waals surface area (Å²) in [6, 6.07) is 7.04. The first-order valence-electron chi connectivity index (χ1n) is 6.50. The van der Waals surface area contributed by atoms with Gasteiger partial charge in [-0.1, -0.05) is 12.1 Å². The summed E-state index contributed by atoms with van der Waals surface area (Å²) in [5.41, 5.74) is 7.03. The molecule has 2 N–H and O–H groups in total. The van der Waals surface area contributed by atoms with Crippen molar-refractivity contribution in [3.05, 3.63) is 35.6 Å². The van der Waals surface area contributed by atoms with E-state index in [4.69, 9.17) is 5.73 Å². The minimum absolute atomic E-state index is 0.115.